The smallest absolute Gasteiger partial charge is 0.334 e. The van der Waals surface area contributed by atoms with Crippen molar-refractivity contribution in [1.29, 1.82) is 0 Å². The summed E-state index contributed by atoms with van der Waals surface area (Å²) in [7, 11) is -5.22. The van der Waals surface area contributed by atoms with Crippen molar-refractivity contribution in [1.82, 2.24) is 0 Å². The number of hydrogen-bond acceptors (Lipinski definition) is 9. The molecule has 9 nitrogen and oxygen atoms in total. The van der Waals surface area contributed by atoms with Crippen LogP contribution in [0.1, 0.15) is 126 Å². The van der Waals surface area contributed by atoms with Crippen molar-refractivity contribution in [3.8, 4) is 11.5 Å². The van der Waals surface area contributed by atoms with Gasteiger partial charge in [0.1, 0.15) is 11.5 Å². The van der Waals surface area contributed by atoms with E-state index in [0.29, 0.717) is 11.5 Å². The zero-order valence-electron chi connectivity index (χ0n) is 27.4. The first-order valence-electron chi connectivity index (χ1n) is 14.7. The second-order valence-electron chi connectivity index (χ2n) is 12.7. The molecule has 0 aliphatic carbocycles. The summed E-state index contributed by atoms with van der Waals surface area (Å²) in [6.07, 6.45) is 5.93. The van der Waals surface area contributed by atoms with Crippen molar-refractivity contribution in [3.63, 3.8) is 0 Å². The standard InChI is InChI=1S/C26H38O2.C6H14O2.H4O5P2/c1-10-11-18(19-14-21(25(4,5)6)23(27)12-16(19)2)20-15-22(26(7,8)9)24(28)13-17(20)3;7-5-3-1-2-4-6-8;1-6(2)5-7(3)4/h12-15,18,27-28H,10-11H2,1-9H3;7-8H,1-6H2;1-4H. The van der Waals surface area contributed by atoms with E-state index in [9.17, 15) is 10.2 Å². The fourth-order valence-corrected chi connectivity index (χ4v) is 5.30. The highest BCUT2D eigenvalue weighted by atomic mass is 31.2. The first kappa shape index (κ1) is 41.6. The summed E-state index contributed by atoms with van der Waals surface area (Å²) >= 11 is 0. The molecule has 8 N–H and O–H groups in total. The van der Waals surface area contributed by atoms with Gasteiger partial charge in [0.25, 0.3) is 0 Å². The van der Waals surface area contributed by atoms with Crippen LogP contribution in [0.5, 0.6) is 11.5 Å². The summed E-state index contributed by atoms with van der Waals surface area (Å²) in [5.74, 6) is 0.997. The van der Waals surface area contributed by atoms with Crippen LogP contribution in [0.25, 0.3) is 0 Å². The van der Waals surface area contributed by atoms with Gasteiger partial charge in [-0.15, -0.1) is 0 Å². The highest BCUT2D eigenvalue weighted by Gasteiger charge is 2.26. The number of hydrogen-bond donors (Lipinski definition) is 8. The number of rotatable bonds is 11. The van der Waals surface area contributed by atoms with Gasteiger partial charge in [0.15, 0.2) is 0 Å². The molecule has 0 aliphatic rings. The maximum Gasteiger partial charge on any atom is 0.334 e. The molecule has 11 heteroatoms. The van der Waals surface area contributed by atoms with Crippen LogP contribution >= 0.6 is 17.2 Å². The molecule has 0 fully saturated rings. The van der Waals surface area contributed by atoms with Crippen molar-refractivity contribution < 1.29 is 44.3 Å². The molecule has 0 saturated carbocycles. The predicted molar refractivity (Wildman–Crippen MR) is 176 cm³/mol. The minimum atomic E-state index is -2.61. The molecular formula is C32H56O9P2. The van der Waals surface area contributed by atoms with Gasteiger partial charge in [-0.05, 0) is 89.5 Å². The van der Waals surface area contributed by atoms with Crippen molar-refractivity contribution in [2.45, 2.75) is 118 Å². The lowest BCUT2D eigenvalue weighted by molar-refractivity contribution is 0.265. The van der Waals surface area contributed by atoms with Crippen molar-refractivity contribution >= 4 is 17.2 Å². The van der Waals surface area contributed by atoms with Crippen LogP contribution in [0, 0.1) is 13.8 Å². The fourth-order valence-electron chi connectivity index (χ4n) is 4.78. The summed E-state index contributed by atoms with van der Waals surface area (Å²) in [5, 5.41) is 37.7. The van der Waals surface area contributed by atoms with E-state index in [2.05, 4.69) is 78.8 Å². The van der Waals surface area contributed by atoms with E-state index in [1.165, 1.54) is 11.1 Å². The Balaban J connectivity index is 0.000000966. The van der Waals surface area contributed by atoms with Crippen molar-refractivity contribution in [3.05, 3.63) is 57.6 Å². The Labute approximate surface area is 261 Å². The highest BCUT2D eigenvalue weighted by Crippen LogP contribution is 2.43. The van der Waals surface area contributed by atoms with Crippen LogP contribution in [0.4, 0.5) is 0 Å². The summed E-state index contributed by atoms with van der Waals surface area (Å²) in [6, 6.07) is 8.24. The van der Waals surface area contributed by atoms with Gasteiger partial charge in [-0.2, -0.15) is 0 Å². The number of phenols is 2. The number of unbranched alkanes of at least 4 members (excludes halogenated alkanes) is 3. The number of aryl methyl sites for hydroxylation is 2. The van der Waals surface area contributed by atoms with Gasteiger partial charge in [0.05, 0.1) is 0 Å². The Bertz CT molecular complexity index is 996. The number of aromatic hydroxyl groups is 2. The molecule has 0 bridgehead atoms. The van der Waals surface area contributed by atoms with Gasteiger partial charge < -0.3 is 40.0 Å². The zero-order chi connectivity index (χ0) is 33.5. The maximum atomic E-state index is 10.5. The van der Waals surface area contributed by atoms with E-state index in [0.717, 1.165) is 60.8 Å². The van der Waals surface area contributed by atoms with Crippen LogP contribution in [0.15, 0.2) is 24.3 Å². The molecular weight excluding hydrogens is 590 g/mol. The molecule has 2 aromatic rings. The lowest BCUT2D eigenvalue weighted by Crippen LogP contribution is -2.16. The van der Waals surface area contributed by atoms with Gasteiger partial charge >= 0.3 is 17.2 Å². The molecule has 0 aliphatic heterocycles. The fraction of sp³-hybridized carbons (Fsp3) is 0.625. The molecule has 0 unspecified atom stereocenters. The summed E-state index contributed by atoms with van der Waals surface area (Å²) in [4.78, 5) is 31.3. The molecule has 0 aromatic heterocycles. The van der Waals surface area contributed by atoms with E-state index in [1.54, 1.807) is 0 Å². The topological polar surface area (TPSA) is 171 Å². The Hall–Kier alpha value is -1.38. The summed E-state index contributed by atoms with van der Waals surface area (Å²) in [6.45, 7) is 19.8. The Kier molecular flexibility index (Phi) is 19.3. The quantitative estimate of drug-likeness (QED) is 0.0929. The van der Waals surface area contributed by atoms with Crippen molar-refractivity contribution in [2.24, 2.45) is 0 Å². The maximum absolute atomic E-state index is 10.5. The minimum absolute atomic E-state index is 0.121. The second kappa shape index (κ2) is 19.9. The first-order valence-corrected chi connectivity index (χ1v) is 17.1. The van der Waals surface area contributed by atoms with Gasteiger partial charge in [-0.3, -0.25) is 0 Å². The molecule has 0 spiro atoms. The first-order chi connectivity index (χ1) is 19.8. The average molecular weight is 647 g/mol. The third-order valence-electron chi connectivity index (χ3n) is 6.93. The van der Waals surface area contributed by atoms with E-state index < -0.39 is 17.2 Å². The normalized spacial score (nSPS) is 11.9. The van der Waals surface area contributed by atoms with Crippen LogP contribution < -0.4 is 0 Å². The summed E-state index contributed by atoms with van der Waals surface area (Å²) < 4.78 is 3.60. The van der Waals surface area contributed by atoms with Gasteiger partial charge in [-0.1, -0.05) is 79.9 Å². The number of benzene rings is 2. The third-order valence-corrected chi connectivity index (χ3v) is 8.09. The molecule has 2 rings (SSSR count). The Morgan fingerprint density at radius 1 is 0.651 bits per heavy atom. The second-order valence-corrected chi connectivity index (χ2v) is 14.4. The third kappa shape index (κ3) is 15.5. The number of aliphatic hydroxyl groups excluding tert-OH is 2. The average Bonchev–Trinajstić information content (AvgIpc) is 2.84. The van der Waals surface area contributed by atoms with E-state index in [4.69, 9.17) is 29.8 Å². The van der Waals surface area contributed by atoms with Crippen LogP contribution in [0.3, 0.4) is 0 Å². The largest absolute Gasteiger partial charge is 0.508 e. The van der Waals surface area contributed by atoms with Crippen LogP contribution in [-0.2, 0) is 15.1 Å². The minimum Gasteiger partial charge on any atom is -0.508 e. The molecule has 248 valence electrons. The lowest BCUT2D eigenvalue weighted by atomic mass is 9.76. The molecule has 0 amide bonds. The Morgan fingerprint density at radius 2 is 1.00 bits per heavy atom. The van der Waals surface area contributed by atoms with E-state index >= 15 is 0 Å². The lowest BCUT2D eigenvalue weighted by Gasteiger charge is -2.29. The molecule has 0 radical (unpaired) electrons. The van der Waals surface area contributed by atoms with E-state index in [-0.39, 0.29) is 30.0 Å². The van der Waals surface area contributed by atoms with Crippen LogP contribution in [-0.4, -0.2) is 53.2 Å². The number of phenolic OH excluding ortho intramolecular Hbond substituents is 2. The monoisotopic (exact) mass is 646 g/mol. The Morgan fingerprint density at radius 3 is 1.23 bits per heavy atom. The SMILES string of the molecule is CCCC(c1cc(C(C)(C)C)c(O)cc1C)c1cc(C(C)(C)C)c(O)cc1C.OCCCCCCO.OP(O)OP(O)O. The summed E-state index contributed by atoms with van der Waals surface area (Å²) in [5.41, 5.74) is 6.52. The van der Waals surface area contributed by atoms with Gasteiger partial charge in [0.2, 0.25) is 0 Å². The predicted octanol–water partition coefficient (Wildman–Crippen LogP) is 7.20. The number of aliphatic hydroxyl groups is 2. The molecule has 0 heterocycles. The molecule has 2 aromatic carbocycles. The van der Waals surface area contributed by atoms with Crippen LogP contribution in [0.2, 0.25) is 0 Å². The molecule has 43 heavy (non-hydrogen) atoms. The molecule has 0 saturated heterocycles. The van der Waals surface area contributed by atoms with Crippen molar-refractivity contribution in [2.75, 3.05) is 13.2 Å². The van der Waals surface area contributed by atoms with E-state index in [1.807, 2.05) is 12.1 Å². The highest BCUT2D eigenvalue weighted by molar-refractivity contribution is 7.53. The zero-order valence-corrected chi connectivity index (χ0v) is 29.2. The van der Waals surface area contributed by atoms with Gasteiger partial charge in [0, 0.05) is 19.1 Å². The molecule has 0 atom stereocenters. The van der Waals surface area contributed by atoms with Gasteiger partial charge in [-0.25, -0.2) is 4.31 Å².